The lowest BCUT2D eigenvalue weighted by molar-refractivity contribution is 0.0325. The topological polar surface area (TPSA) is 38.1 Å². The number of aryl methyl sites for hydroxylation is 1. The molecule has 1 saturated carbocycles. The number of aliphatic hydroxyl groups is 1. The van der Waals surface area contributed by atoms with Gasteiger partial charge in [0, 0.05) is 7.05 Å². The summed E-state index contributed by atoms with van der Waals surface area (Å²) in [5, 5.41) is 15.1. The number of nitrogens with zero attached hydrogens (tertiary/aromatic N) is 2. The smallest absolute Gasteiger partial charge is 0.108 e. The molecule has 3 nitrogen and oxygen atoms in total. The molecule has 1 heterocycles. The summed E-state index contributed by atoms with van der Waals surface area (Å²) in [6, 6.07) is 0. The molecule has 1 aliphatic carbocycles. The molecular formula is C10H15ClN2O. The van der Waals surface area contributed by atoms with Crippen LogP contribution in [0.3, 0.4) is 0 Å². The number of rotatable bonds is 1. The van der Waals surface area contributed by atoms with Crippen molar-refractivity contribution in [2.75, 3.05) is 0 Å². The quantitative estimate of drug-likeness (QED) is 0.778. The molecule has 2 unspecified atom stereocenters. The third-order valence-corrected chi connectivity index (χ3v) is 3.35. The molecule has 2 rings (SSSR count). The Bertz CT molecular complexity index is 330. The average molecular weight is 215 g/mol. The molecule has 2 atom stereocenters. The lowest BCUT2D eigenvalue weighted by Gasteiger charge is -2.23. The van der Waals surface area contributed by atoms with Crippen molar-refractivity contribution in [3.8, 4) is 0 Å². The summed E-state index contributed by atoms with van der Waals surface area (Å²) in [5.41, 5.74) is 0.00499. The Morgan fingerprint density at radius 3 is 2.86 bits per heavy atom. The summed E-state index contributed by atoms with van der Waals surface area (Å²) in [7, 11) is 1.82. The van der Waals surface area contributed by atoms with Gasteiger partial charge in [0.2, 0.25) is 0 Å². The van der Waals surface area contributed by atoms with Gasteiger partial charge >= 0.3 is 0 Å². The van der Waals surface area contributed by atoms with Crippen molar-refractivity contribution in [2.45, 2.75) is 31.8 Å². The highest BCUT2D eigenvalue weighted by molar-refractivity contribution is 6.31. The molecule has 1 aromatic rings. The van der Waals surface area contributed by atoms with Crippen LogP contribution in [-0.4, -0.2) is 14.9 Å². The van der Waals surface area contributed by atoms with Crippen LogP contribution in [0.4, 0.5) is 0 Å². The predicted octanol–water partition coefficient (Wildman–Crippen LogP) is 2.08. The number of hydrogen-bond acceptors (Lipinski definition) is 2. The van der Waals surface area contributed by atoms with Gasteiger partial charge in [-0.1, -0.05) is 18.5 Å². The molecule has 0 aliphatic heterocycles. The Kier molecular flexibility index (Phi) is 2.32. The first-order valence-electron chi connectivity index (χ1n) is 4.93. The molecule has 0 saturated heterocycles. The Hall–Kier alpha value is -0.540. The minimum absolute atomic E-state index is 0.561. The molecule has 1 aliphatic rings. The zero-order valence-corrected chi connectivity index (χ0v) is 9.25. The monoisotopic (exact) mass is 214 g/mol. The van der Waals surface area contributed by atoms with E-state index < -0.39 is 5.60 Å². The Balaban J connectivity index is 2.39. The molecule has 14 heavy (non-hydrogen) atoms. The number of halogens is 1. The van der Waals surface area contributed by atoms with Gasteiger partial charge < -0.3 is 5.11 Å². The SMILES string of the molecule is CC1CCC(O)(c2c(Cl)cnn2C)C1. The van der Waals surface area contributed by atoms with Crippen molar-refractivity contribution in [1.82, 2.24) is 9.78 Å². The summed E-state index contributed by atoms with van der Waals surface area (Å²) in [5.74, 6) is 0.561. The van der Waals surface area contributed by atoms with Gasteiger partial charge in [-0.25, -0.2) is 0 Å². The zero-order valence-electron chi connectivity index (χ0n) is 8.50. The molecule has 78 valence electrons. The first-order valence-corrected chi connectivity index (χ1v) is 5.31. The van der Waals surface area contributed by atoms with E-state index in [2.05, 4.69) is 12.0 Å². The van der Waals surface area contributed by atoms with Crippen LogP contribution in [0.15, 0.2) is 6.20 Å². The second-order valence-electron chi connectivity index (χ2n) is 4.34. The molecule has 0 amide bonds. The fraction of sp³-hybridized carbons (Fsp3) is 0.700. The summed E-state index contributed by atoms with van der Waals surface area (Å²) in [6.07, 6.45) is 4.22. The van der Waals surface area contributed by atoms with E-state index >= 15 is 0 Å². The van der Waals surface area contributed by atoms with Gasteiger partial charge in [0.25, 0.3) is 0 Å². The molecule has 1 aromatic heterocycles. The van der Waals surface area contributed by atoms with E-state index in [1.165, 1.54) is 0 Å². The summed E-state index contributed by atoms with van der Waals surface area (Å²) >= 11 is 6.02. The van der Waals surface area contributed by atoms with Crippen LogP contribution in [-0.2, 0) is 12.6 Å². The number of aromatic nitrogens is 2. The van der Waals surface area contributed by atoms with Gasteiger partial charge in [0.05, 0.1) is 16.9 Å². The Labute approximate surface area is 88.7 Å². The zero-order chi connectivity index (χ0) is 10.3. The van der Waals surface area contributed by atoms with E-state index in [1.807, 2.05) is 7.05 Å². The van der Waals surface area contributed by atoms with Crippen LogP contribution >= 0.6 is 11.6 Å². The number of hydrogen-bond donors (Lipinski definition) is 1. The molecule has 0 aromatic carbocycles. The maximum absolute atomic E-state index is 10.4. The maximum Gasteiger partial charge on any atom is 0.108 e. The van der Waals surface area contributed by atoms with Crippen LogP contribution in [0.1, 0.15) is 31.9 Å². The molecule has 1 fully saturated rings. The molecule has 1 N–H and O–H groups in total. The molecular weight excluding hydrogens is 200 g/mol. The van der Waals surface area contributed by atoms with E-state index in [0.717, 1.165) is 25.0 Å². The fourth-order valence-electron chi connectivity index (χ4n) is 2.42. The standard InChI is InChI=1S/C10H15ClN2O/c1-7-3-4-10(14,5-7)9-8(11)6-12-13(9)2/h6-7,14H,3-5H2,1-2H3. The highest BCUT2D eigenvalue weighted by Gasteiger charge is 2.40. The molecule has 0 radical (unpaired) electrons. The van der Waals surface area contributed by atoms with E-state index in [1.54, 1.807) is 10.9 Å². The molecule has 0 spiro atoms. The predicted molar refractivity (Wildman–Crippen MR) is 55.1 cm³/mol. The minimum Gasteiger partial charge on any atom is -0.384 e. The van der Waals surface area contributed by atoms with Crippen LogP contribution in [0, 0.1) is 5.92 Å². The van der Waals surface area contributed by atoms with Crippen molar-refractivity contribution >= 4 is 11.6 Å². The van der Waals surface area contributed by atoms with Crippen LogP contribution in [0.25, 0.3) is 0 Å². The van der Waals surface area contributed by atoms with Crippen LogP contribution in [0.2, 0.25) is 5.02 Å². The minimum atomic E-state index is -0.762. The highest BCUT2D eigenvalue weighted by Crippen LogP contribution is 2.43. The highest BCUT2D eigenvalue weighted by atomic mass is 35.5. The summed E-state index contributed by atoms with van der Waals surface area (Å²) in [4.78, 5) is 0. The van der Waals surface area contributed by atoms with Crippen LogP contribution in [0.5, 0.6) is 0 Å². The van der Waals surface area contributed by atoms with Gasteiger partial charge in [-0.15, -0.1) is 0 Å². The summed E-state index contributed by atoms with van der Waals surface area (Å²) in [6.45, 7) is 2.16. The molecule has 0 bridgehead atoms. The molecule has 4 heteroatoms. The van der Waals surface area contributed by atoms with Gasteiger partial charge in [-0.05, 0) is 25.2 Å². The van der Waals surface area contributed by atoms with Gasteiger partial charge in [0.1, 0.15) is 5.60 Å². The van der Waals surface area contributed by atoms with Crippen LogP contribution < -0.4 is 0 Å². The maximum atomic E-state index is 10.4. The van der Waals surface area contributed by atoms with Gasteiger partial charge in [-0.3, -0.25) is 4.68 Å². The van der Waals surface area contributed by atoms with E-state index in [0.29, 0.717) is 10.9 Å². The van der Waals surface area contributed by atoms with Gasteiger partial charge in [0.15, 0.2) is 0 Å². The second-order valence-corrected chi connectivity index (χ2v) is 4.75. The van der Waals surface area contributed by atoms with Crippen molar-refractivity contribution in [2.24, 2.45) is 13.0 Å². The largest absolute Gasteiger partial charge is 0.384 e. The first kappa shape index (κ1) is 9.99. The lowest BCUT2D eigenvalue weighted by Crippen LogP contribution is -2.25. The van der Waals surface area contributed by atoms with Crippen molar-refractivity contribution in [3.63, 3.8) is 0 Å². The fourth-order valence-corrected chi connectivity index (χ4v) is 2.76. The average Bonchev–Trinajstić information content (AvgIpc) is 2.58. The van der Waals surface area contributed by atoms with E-state index in [4.69, 9.17) is 11.6 Å². The van der Waals surface area contributed by atoms with Gasteiger partial charge in [-0.2, -0.15) is 5.10 Å². The van der Waals surface area contributed by atoms with E-state index in [9.17, 15) is 5.11 Å². The Morgan fingerprint density at radius 1 is 1.71 bits per heavy atom. The lowest BCUT2D eigenvalue weighted by atomic mass is 9.96. The normalized spacial score (nSPS) is 32.4. The summed E-state index contributed by atoms with van der Waals surface area (Å²) < 4.78 is 1.68. The van der Waals surface area contributed by atoms with Crippen molar-refractivity contribution in [1.29, 1.82) is 0 Å². The van der Waals surface area contributed by atoms with E-state index in [-0.39, 0.29) is 0 Å². The van der Waals surface area contributed by atoms with Crippen molar-refractivity contribution < 1.29 is 5.11 Å². The Morgan fingerprint density at radius 2 is 2.43 bits per heavy atom. The first-order chi connectivity index (χ1) is 6.53. The second kappa shape index (κ2) is 3.24. The third-order valence-electron chi connectivity index (χ3n) is 3.07. The van der Waals surface area contributed by atoms with Crippen molar-refractivity contribution in [3.05, 3.63) is 16.9 Å². The third kappa shape index (κ3) is 1.44.